The van der Waals surface area contributed by atoms with Crippen LogP contribution < -0.4 is 0 Å². The minimum absolute atomic E-state index is 0.0777. The quantitative estimate of drug-likeness (QED) is 0.772. The van der Waals surface area contributed by atoms with Gasteiger partial charge in [0.25, 0.3) is 0 Å². The van der Waals surface area contributed by atoms with E-state index in [9.17, 15) is 0 Å². The number of nitrogens with zero attached hydrogens (tertiary/aromatic N) is 1. The van der Waals surface area contributed by atoms with Crippen LogP contribution in [0.15, 0.2) is 0 Å². The summed E-state index contributed by atoms with van der Waals surface area (Å²) in [5.41, 5.74) is 0. The summed E-state index contributed by atoms with van der Waals surface area (Å²) in [6, 6.07) is 2.36. The van der Waals surface area contributed by atoms with Crippen molar-refractivity contribution < 1.29 is 14.2 Å². The van der Waals surface area contributed by atoms with Crippen LogP contribution in [0.3, 0.4) is 0 Å². The van der Waals surface area contributed by atoms with Gasteiger partial charge in [-0.25, -0.2) is 0 Å². The highest BCUT2D eigenvalue weighted by atomic mass is 16.7. The average Bonchev–Trinajstić information content (AvgIpc) is 2.46. The van der Waals surface area contributed by atoms with Crippen molar-refractivity contribution in [3.63, 3.8) is 0 Å². The molecule has 4 heteroatoms. The van der Waals surface area contributed by atoms with Gasteiger partial charge in [0.1, 0.15) is 6.10 Å². The van der Waals surface area contributed by atoms with E-state index in [0.29, 0.717) is 19.1 Å². The summed E-state index contributed by atoms with van der Waals surface area (Å²) in [6.45, 7) is 4.15. The Balaban J connectivity index is 1.69. The van der Waals surface area contributed by atoms with Crippen molar-refractivity contribution in [2.45, 2.75) is 51.4 Å². The van der Waals surface area contributed by atoms with Gasteiger partial charge in [-0.05, 0) is 32.1 Å². The smallest absolute Gasteiger partial charge is 0.160 e. The minimum Gasteiger partial charge on any atom is -0.373 e. The molecule has 0 aromatic heterocycles. The van der Waals surface area contributed by atoms with Crippen molar-refractivity contribution in [1.82, 2.24) is 0 Å². The fourth-order valence-corrected chi connectivity index (χ4v) is 2.67. The summed E-state index contributed by atoms with van der Waals surface area (Å²) in [5, 5.41) is 8.88. The third kappa shape index (κ3) is 3.68. The first-order chi connectivity index (χ1) is 8.83. The first kappa shape index (κ1) is 13.8. The molecule has 0 unspecified atom stereocenters. The molecule has 0 aromatic rings. The molecule has 0 spiro atoms. The lowest BCUT2D eigenvalue weighted by atomic mass is 9.82. The summed E-state index contributed by atoms with van der Waals surface area (Å²) in [4.78, 5) is 0. The van der Waals surface area contributed by atoms with Crippen LogP contribution >= 0.6 is 0 Å². The molecule has 18 heavy (non-hydrogen) atoms. The zero-order chi connectivity index (χ0) is 12.8. The third-order valence-corrected chi connectivity index (χ3v) is 3.79. The van der Waals surface area contributed by atoms with Gasteiger partial charge in [0.15, 0.2) is 6.29 Å². The van der Waals surface area contributed by atoms with Crippen LogP contribution in [0.5, 0.6) is 0 Å². The van der Waals surface area contributed by atoms with Gasteiger partial charge in [0.05, 0.1) is 19.3 Å². The van der Waals surface area contributed by atoms with Crippen LogP contribution in [-0.4, -0.2) is 32.2 Å². The second-order valence-corrected chi connectivity index (χ2v) is 5.27. The summed E-state index contributed by atoms with van der Waals surface area (Å²) < 4.78 is 17.1. The Bertz CT molecular complexity index is 273. The molecular weight excluding hydrogens is 230 g/mol. The molecule has 1 aliphatic heterocycles. The molecule has 4 nitrogen and oxygen atoms in total. The van der Waals surface area contributed by atoms with Crippen LogP contribution in [0.2, 0.25) is 0 Å². The Morgan fingerprint density at radius 2 is 1.83 bits per heavy atom. The van der Waals surface area contributed by atoms with E-state index in [0.717, 1.165) is 38.7 Å². The molecule has 1 saturated carbocycles. The zero-order valence-corrected chi connectivity index (χ0v) is 11.1. The second-order valence-electron chi connectivity index (χ2n) is 5.27. The van der Waals surface area contributed by atoms with Gasteiger partial charge >= 0.3 is 0 Å². The predicted molar refractivity (Wildman–Crippen MR) is 66.8 cm³/mol. The highest BCUT2D eigenvalue weighted by Crippen LogP contribution is 2.33. The summed E-state index contributed by atoms with van der Waals surface area (Å²) in [5.74, 6) is 0.701. The molecule has 0 aromatic carbocycles. The monoisotopic (exact) mass is 253 g/mol. The van der Waals surface area contributed by atoms with Gasteiger partial charge in [-0.15, -0.1) is 0 Å². The van der Waals surface area contributed by atoms with Crippen molar-refractivity contribution in [3.8, 4) is 6.07 Å². The molecule has 2 aliphatic rings. The molecule has 2 rings (SSSR count). The van der Waals surface area contributed by atoms with E-state index in [4.69, 9.17) is 19.5 Å². The van der Waals surface area contributed by atoms with Crippen LogP contribution in [0.4, 0.5) is 0 Å². The number of nitriles is 1. The largest absolute Gasteiger partial charge is 0.373 e. The third-order valence-electron chi connectivity index (χ3n) is 3.79. The highest BCUT2D eigenvalue weighted by molar-refractivity contribution is 4.88. The molecule has 0 amide bonds. The maximum absolute atomic E-state index is 8.88. The molecule has 0 atom stereocenters. The maximum Gasteiger partial charge on any atom is 0.160 e. The van der Waals surface area contributed by atoms with Gasteiger partial charge in [0, 0.05) is 18.4 Å². The Morgan fingerprint density at radius 3 is 2.39 bits per heavy atom. The average molecular weight is 253 g/mol. The number of rotatable bonds is 4. The van der Waals surface area contributed by atoms with Crippen molar-refractivity contribution in [1.29, 1.82) is 5.26 Å². The van der Waals surface area contributed by atoms with Gasteiger partial charge in [0.2, 0.25) is 0 Å². The van der Waals surface area contributed by atoms with Crippen LogP contribution in [-0.2, 0) is 14.2 Å². The van der Waals surface area contributed by atoms with E-state index in [-0.39, 0.29) is 18.3 Å². The lowest BCUT2D eigenvalue weighted by molar-refractivity contribution is -0.249. The summed E-state index contributed by atoms with van der Waals surface area (Å²) in [6.07, 6.45) is 5.10. The molecule has 0 N–H and O–H groups in total. The van der Waals surface area contributed by atoms with Crippen molar-refractivity contribution in [2.75, 3.05) is 19.8 Å². The fraction of sp³-hybridized carbons (Fsp3) is 0.929. The van der Waals surface area contributed by atoms with Crippen molar-refractivity contribution in [3.05, 3.63) is 0 Å². The first-order valence-electron chi connectivity index (χ1n) is 7.08. The summed E-state index contributed by atoms with van der Waals surface area (Å²) in [7, 11) is 0. The molecule has 102 valence electrons. The summed E-state index contributed by atoms with van der Waals surface area (Å²) >= 11 is 0. The van der Waals surface area contributed by atoms with E-state index >= 15 is 0 Å². The molecule has 1 heterocycles. The van der Waals surface area contributed by atoms with Gasteiger partial charge < -0.3 is 14.2 Å². The molecule has 1 saturated heterocycles. The van der Waals surface area contributed by atoms with E-state index < -0.39 is 0 Å². The van der Waals surface area contributed by atoms with Gasteiger partial charge in [-0.2, -0.15) is 5.26 Å². The molecular formula is C14H23NO3. The lowest BCUT2D eigenvalue weighted by Gasteiger charge is -2.36. The van der Waals surface area contributed by atoms with Crippen LogP contribution in [0.1, 0.15) is 39.0 Å². The number of ether oxygens (including phenoxy) is 3. The topological polar surface area (TPSA) is 51.5 Å². The molecule has 0 bridgehead atoms. The minimum atomic E-state index is -0.0777. The Labute approximate surface area is 109 Å². The van der Waals surface area contributed by atoms with Crippen LogP contribution in [0, 0.1) is 23.2 Å². The maximum atomic E-state index is 8.88. The van der Waals surface area contributed by atoms with E-state index in [2.05, 4.69) is 13.0 Å². The normalized spacial score (nSPS) is 37.1. The molecule has 1 aliphatic carbocycles. The zero-order valence-electron chi connectivity index (χ0n) is 11.1. The lowest BCUT2D eigenvalue weighted by Crippen LogP contribution is -2.42. The van der Waals surface area contributed by atoms with E-state index in [1.54, 1.807) is 0 Å². The molecule has 0 radical (unpaired) electrons. The van der Waals surface area contributed by atoms with Crippen molar-refractivity contribution >= 4 is 0 Å². The van der Waals surface area contributed by atoms with Gasteiger partial charge in [-0.3, -0.25) is 0 Å². The van der Waals surface area contributed by atoms with E-state index in [1.807, 2.05) is 0 Å². The van der Waals surface area contributed by atoms with Gasteiger partial charge in [-0.1, -0.05) is 6.92 Å². The van der Waals surface area contributed by atoms with Crippen LogP contribution in [0.25, 0.3) is 0 Å². The Hall–Kier alpha value is -0.630. The standard InChI is InChI=1S/C14H23NO3/c1-2-7-16-13-9-17-14(18-10-13)12-5-3-11(8-15)4-6-12/h11-14H,2-7,9-10H2,1H3. The number of hydrogen-bond acceptors (Lipinski definition) is 4. The second kappa shape index (κ2) is 7.08. The predicted octanol–water partition coefficient (Wildman–Crippen LogP) is 2.48. The highest BCUT2D eigenvalue weighted by Gasteiger charge is 2.32. The Morgan fingerprint density at radius 1 is 1.17 bits per heavy atom. The van der Waals surface area contributed by atoms with E-state index in [1.165, 1.54) is 0 Å². The number of hydrogen-bond donors (Lipinski definition) is 0. The first-order valence-corrected chi connectivity index (χ1v) is 7.08. The van der Waals surface area contributed by atoms with Crippen molar-refractivity contribution in [2.24, 2.45) is 11.8 Å². The fourth-order valence-electron chi connectivity index (χ4n) is 2.67. The Kier molecular flexibility index (Phi) is 5.43. The SMILES string of the molecule is CCCOC1COC(C2CCC(C#N)CC2)OC1. The molecule has 2 fully saturated rings.